The number of aromatic nitrogens is 2. The standard InChI is InChI=1S/C23H22F2N4O6/c1-11-26-17-4-3-12(7-14(17)21(32)27-11)10-29(2)13-8-15(24)20(16(25)9-13)22(33)28-18(23(34)35)5-6-19(30)31/h3-4,7-9,18H,5-6,10H2,1-2H3,(H,28,33)(H,30,31)(H,34,35)(H,26,27,32)/t18-/m1/s1. The van der Waals surface area contributed by atoms with Crippen molar-refractivity contribution in [2.45, 2.75) is 32.4 Å². The Bertz CT molecular complexity index is 1350. The number of halogens is 2. The first-order valence-electron chi connectivity index (χ1n) is 10.4. The van der Waals surface area contributed by atoms with E-state index in [2.05, 4.69) is 9.97 Å². The molecule has 12 heteroatoms. The first kappa shape index (κ1) is 25.3. The van der Waals surface area contributed by atoms with E-state index in [1.54, 1.807) is 32.2 Å². The number of anilines is 1. The number of benzene rings is 2. The Hall–Kier alpha value is -4.35. The predicted molar refractivity (Wildman–Crippen MR) is 121 cm³/mol. The average molecular weight is 488 g/mol. The average Bonchev–Trinajstić information content (AvgIpc) is 2.76. The van der Waals surface area contributed by atoms with E-state index in [1.165, 1.54) is 4.90 Å². The highest BCUT2D eigenvalue weighted by Gasteiger charge is 2.26. The van der Waals surface area contributed by atoms with Crippen LogP contribution in [0, 0.1) is 18.6 Å². The molecule has 4 N–H and O–H groups in total. The van der Waals surface area contributed by atoms with Gasteiger partial charge in [0.2, 0.25) is 0 Å². The largest absolute Gasteiger partial charge is 0.481 e. The van der Waals surface area contributed by atoms with Crippen LogP contribution >= 0.6 is 0 Å². The number of fused-ring (bicyclic) bond motifs is 1. The molecule has 10 nitrogen and oxygen atoms in total. The molecule has 0 saturated heterocycles. The van der Waals surface area contributed by atoms with Crippen LogP contribution in [0.5, 0.6) is 0 Å². The fraction of sp³-hybridized carbons (Fsp3) is 0.261. The summed E-state index contributed by atoms with van der Waals surface area (Å²) in [4.78, 5) is 54.8. The summed E-state index contributed by atoms with van der Waals surface area (Å²) >= 11 is 0. The van der Waals surface area contributed by atoms with Crippen molar-refractivity contribution in [3.05, 3.63) is 69.3 Å². The van der Waals surface area contributed by atoms with Gasteiger partial charge < -0.3 is 25.4 Å². The lowest BCUT2D eigenvalue weighted by Gasteiger charge is -2.21. The summed E-state index contributed by atoms with van der Waals surface area (Å²) in [5.41, 5.74) is -0.0298. The number of hydrogen-bond donors (Lipinski definition) is 4. The van der Waals surface area contributed by atoms with Crippen LogP contribution in [-0.2, 0) is 16.1 Å². The molecule has 0 unspecified atom stereocenters. The summed E-state index contributed by atoms with van der Waals surface area (Å²) < 4.78 is 29.4. The van der Waals surface area contributed by atoms with Crippen molar-refractivity contribution < 1.29 is 33.4 Å². The number of rotatable bonds is 9. The van der Waals surface area contributed by atoms with E-state index in [4.69, 9.17) is 10.2 Å². The minimum Gasteiger partial charge on any atom is -0.481 e. The van der Waals surface area contributed by atoms with Gasteiger partial charge in [-0.15, -0.1) is 0 Å². The molecular weight excluding hydrogens is 466 g/mol. The number of aryl methyl sites for hydroxylation is 1. The molecule has 0 aliphatic rings. The quantitative estimate of drug-likeness (QED) is 0.358. The normalized spacial score (nSPS) is 11.8. The number of aliphatic carboxylic acids is 2. The number of carboxylic acid groups (broad SMARTS) is 2. The van der Waals surface area contributed by atoms with Crippen LogP contribution in [0.15, 0.2) is 35.1 Å². The van der Waals surface area contributed by atoms with E-state index in [-0.39, 0.29) is 17.8 Å². The van der Waals surface area contributed by atoms with Gasteiger partial charge in [0.1, 0.15) is 29.1 Å². The van der Waals surface area contributed by atoms with Gasteiger partial charge in [0.05, 0.1) is 10.9 Å². The third-order valence-corrected chi connectivity index (χ3v) is 5.25. The number of hydrogen-bond acceptors (Lipinski definition) is 6. The van der Waals surface area contributed by atoms with E-state index < -0.39 is 53.9 Å². The molecule has 1 aromatic heterocycles. The predicted octanol–water partition coefficient (Wildman–Crippen LogP) is 2.19. The monoisotopic (exact) mass is 488 g/mol. The summed E-state index contributed by atoms with van der Waals surface area (Å²) in [7, 11) is 1.56. The van der Waals surface area contributed by atoms with E-state index >= 15 is 0 Å². The number of carboxylic acids is 2. The maximum Gasteiger partial charge on any atom is 0.326 e. The van der Waals surface area contributed by atoms with Crippen molar-refractivity contribution >= 4 is 34.4 Å². The van der Waals surface area contributed by atoms with Gasteiger partial charge in [-0.2, -0.15) is 0 Å². The second kappa shape index (κ2) is 10.3. The van der Waals surface area contributed by atoms with Crippen LogP contribution in [-0.4, -0.2) is 51.1 Å². The maximum absolute atomic E-state index is 14.7. The Morgan fingerprint density at radius 2 is 1.80 bits per heavy atom. The lowest BCUT2D eigenvalue weighted by atomic mass is 10.1. The Morgan fingerprint density at radius 3 is 2.40 bits per heavy atom. The van der Waals surface area contributed by atoms with Crippen LogP contribution in [0.2, 0.25) is 0 Å². The van der Waals surface area contributed by atoms with E-state index in [9.17, 15) is 28.0 Å². The summed E-state index contributed by atoms with van der Waals surface area (Å²) in [6.45, 7) is 1.83. The van der Waals surface area contributed by atoms with Gasteiger partial charge >= 0.3 is 11.9 Å². The highest BCUT2D eigenvalue weighted by Crippen LogP contribution is 2.24. The number of carbonyl (C=O) groups excluding carboxylic acids is 1. The van der Waals surface area contributed by atoms with Crippen molar-refractivity contribution in [3.8, 4) is 0 Å². The fourth-order valence-electron chi connectivity index (χ4n) is 3.52. The topological polar surface area (TPSA) is 153 Å². The number of amides is 1. The van der Waals surface area contributed by atoms with Gasteiger partial charge in [0, 0.05) is 25.7 Å². The van der Waals surface area contributed by atoms with Crippen LogP contribution in [0.25, 0.3) is 10.9 Å². The summed E-state index contributed by atoms with van der Waals surface area (Å²) in [5, 5.41) is 20.2. The minimum atomic E-state index is -1.63. The molecule has 1 amide bonds. The van der Waals surface area contributed by atoms with Crippen LogP contribution in [0.3, 0.4) is 0 Å². The number of nitrogens with one attached hydrogen (secondary N) is 2. The highest BCUT2D eigenvalue weighted by molar-refractivity contribution is 5.97. The highest BCUT2D eigenvalue weighted by atomic mass is 19.1. The molecule has 3 rings (SSSR count). The van der Waals surface area contributed by atoms with E-state index in [0.717, 1.165) is 12.1 Å². The molecule has 0 fully saturated rings. The third-order valence-electron chi connectivity index (χ3n) is 5.25. The van der Waals surface area contributed by atoms with Crippen molar-refractivity contribution in [2.75, 3.05) is 11.9 Å². The Labute approximate surface area is 197 Å². The van der Waals surface area contributed by atoms with Crippen molar-refractivity contribution in [2.24, 2.45) is 0 Å². The number of carbonyl (C=O) groups is 3. The number of nitrogens with zero attached hydrogens (tertiary/aromatic N) is 2. The molecule has 1 heterocycles. The van der Waals surface area contributed by atoms with Gasteiger partial charge in [-0.1, -0.05) is 6.07 Å². The molecule has 0 aliphatic carbocycles. The SMILES string of the molecule is Cc1nc2ccc(CN(C)c3cc(F)c(C(=O)N[C@H](CCC(=O)O)C(=O)O)c(F)c3)cc2c(=O)[nH]1. The van der Waals surface area contributed by atoms with E-state index in [1.807, 2.05) is 5.32 Å². The minimum absolute atomic E-state index is 0.0910. The lowest BCUT2D eigenvalue weighted by Crippen LogP contribution is -2.41. The summed E-state index contributed by atoms with van der Waals surface area (Å²) in [6.07, 6.45) is -1.01. The first-order chi connectivity index (χ1) is 16.5. The fourth-order valence-corrected chi connectivity index (χ4v) is 3.52. The molecule has 1 atom stereocenters. The van der Waals surface area contributed by atoms with Crippen LogP contribution in [0.4, 0.5) is 14.5 Å². The van der Waals surface area contributed by atoms with Crippen molar-refractivity contribution in [1.29, 1.82) is 0 Å². The second-order valence-electron chi connectivity index (χ2n) is 7.94. The van der Waals surface area contributed by atoms with Crippen LogP contribution < -0.4 is 15.8 Å². The van der Waals surface area contributed by atoms with E-state index in [0.29, 0.717) is 22.3 Å². The molecule has 0 saturated carbocycles. The van der Waals surface area contributed by atoms with Crippen LogP contribution in [0.1, 0.15) is 34.6 Å². The second-order valence-corrected chi connectivity index (χ2v) is 7.94. The number of aromatic amines is 1. The third kappa shape index (κ3) is 5.96. The molecule has 184 valence electrons. The summed E-state index contributed by atoms with van der Waals surface area (Å²) in [6, 6.07) is 5.22. The first-order valence-corrected chi connectivity index (χ1v) is 10.4. The zero-order valence-corrected chi connectivity index (χ0v) is 18.8. The molecule has 2 aromatic carbocycles. The zero-order chi connectivity index (χ0) is 25.9. The lowest BCUT2D eigenvalue weighted by molar-refractivity contribution is -0.140. The molecular formula is C23H22F2N4O6. The number of H-pyrrole nitrogens is 1. The molecule has 0 aliphatic heterocycles. The molecule has 0 spiro atoms. The van der Waals surface area contributed by atoms with Gasteiger partial charge in [0.25, 0.3) is 11.5 Å². The zero-order valence-electron chi connectivity index (χ0n) is 18.8. The van der Waals surface area contributed by atoms with Gasteiger partial charge in [-0.05, 0) is 43.2 Å². The molecule has 35 heavy (non-hydrogen) atoms. The van der Waals surface area contributed by atoms with Crippen molar-refractivity contribution in [1.82, 2.24) is 15.3 Å². The van der Waals surface area contributed by atoms with Gasteiger partial charge in [0.15, 0.2) is 0 Å². The Kier molecular flexibility index (Phi) is 7.43. The molecule has 0 bridgehead atoms. The van der Waals surface area contributed by atoms with Gasteiger partial charge in [-0.3, -0.25) is 14.4 Å². The molecule has 3 aromatic rings. The molecule has 0 radical (unpaired) electrons. The smallest absolute Gasteiger partial charge is 0.326 e. The maximum atomic E-state index is 14.7. The Balaban J connectivity index is 1.80. The Morgan fingerprint density at radius 1 is 1.14 bits per heavy atom. The van der Waals surface area contributed by atoms with Crippen molar-refractivity contribution in [3.63, 3.8) is 0 Å². The van der Waals surface area contributed by atoms with Gasteiger partial charge in [-0.25, -0.2) is 18.6 Å². The summed E-state index contributed by atoms with van der Waals surface area (Å²) in [5.74, 6) is -6.10.